The van der Waals surface area contributed by atoms with E-state index in [1.807, 2.05) is 74.5 Å². The molecule has 0 bridgehead atoms. The van der Waals surface area contributed by atoms with Gasteiger partial charge in [0.15, 0.2) is 11.5 Å². The molecule has 0 atom stereocenters. The van der Waals surface area contributed by atoms with Crippen molar-refractivity contribution in [3.8, 4) is 11.5 Å². The van der Waals surface area contributed by atoms with E-state index in [0.29, 0.717) is 34.6 Å². The Labute approximate surface area is 202 Å². The maximum absolute atomic E-state index is 12.5. The number of amides is 1. The number of carbonyl (C=O) groups excluding carboxylic acids is 1. The summed E-state index contributed by atoms with van der Waals surface area (Å²) >= 11 is 0. The van der Waals surface area contributed by atoms with Gasteiger partial charge in [-0.15, -0.1) is 0 Å². The first-order valence-electron chi connectivity index (χ1n) is 11.1. The summed E-state index contributed by atoms with van der Waals surface area (Å²) in [6, 6.07) is 18.6. The summed E-state index contributed by atoms with van der Waals surface area (Å²) in [4.78, 5) is 25.7. The highest BCUT2D eigenvalue weighted by atomic mass is 16.7. The van der Waals surface area contributed by atoms with Crippen molar-refractivity contribution in [2.75, 3.05) is 22.7 Å². The molecule has 0 unspecified atom stereocenters. The monoisotopic (exact) mass is 468 g/mol. The van der Waals surface area contributed by atoms with Gasteiger partial charge in [0.05, 0.1) is 6.42 Å². The molecule has 1 amide bonds. The molecular formula is C26H24N6O3. The highest BCUT2D eigenvalue weighted by molar-refractivity contribution is 5.92. The second-order valence-electron chi connectivity index (χ2n) is 8.14. The van der Waals surface area contributed by atoms with Gasteiger partial charge in [0, 0.05) is 23.6 Å². The van der Waals surface area contributed by atoms with Gasteiger partial charge < -0.3 is 25.4 Å². The van der Waals surface area contributed by atoms with Crippen LogP contribution in [0.3, 0.4) is 0 Å². The zero-order valence-corrected chi connectivity index (χ0v) is 19.3. The van der Waals surface area contributed by atoms with Crippen LogP contribution in [0.2, 0.25) is 0 Å². The molecule has 0 spiro atoms. The zero-order valence-electron chi connectivity index (χ0n) is 19.3. The summed E-state index contributed by atoms with van der Waals surface area (Å²) < 4.78 is 10.7. The minimum Gasteiger partial charge on any atom is -0.454 e. The number of hydrogen-bond acceptors (Lipinski definition) is 8. The number of aryl methyl sites for hydroxylation is 2. The molecule has 5 rings (SSSR count). The quantitative estimate of drug-likeness (QED) is 0.352. The van der Waals surface area contributed by atoms with Crippen LogP contribution in [0.5, 0.6) is 11.5 Å². The van der Waals surface area contributed by atoms with Gasteiger partial charge >= 0.3 is 0 Å². The molecule has 9 heteroatoms. The van der Waals surface area contributed by atoms with Crippen LogP contribution in [0.1, 0.15) is 17.0 Å². The minimum absolute atomic E-state index is 0.114. The highest BCUT2D eigenvalue weighted by Gasteiger charge is 2.14. The topological polar surface area (TPSA) is 110 Å². The molecule has 0 aliphatic carbocycles. The van der Waals surface area contributed by atoms with E-state index >= 15 is 0 Å². The first-order chi connectivity index (χ1) is 17.0. The molecule has 0 fully saturated rings. The summed E-state index contributed by atoms with van der Waals surface area (Å²) in [7, 11) is 0. The normalized spacial score (nSPS) is 11.7. The standard InChI is InChI=1S/C26H24N6O3/c1-16-9-10-27-23(11-16)32-25-14-24(28-17(2)29-25)30-19-4-6-20(7-5-19)31-26(33)13-18-3-8-21-22(12-18)35-15-34-21/h3-12,14H,13,15H2,1-2H3,(H,31,33)(H2,27,28,29,30,32). The van der Waals surface area contributed by atoms with Crippen molar-refractivity contribution in [2.24, 2.45) is 0 Å². The average Bonchev–Trinajstić information content (AvgIpc) is 3.28. The predicted molar refractivity (Wildman–Crippen MR) is 134 cm³/mol. The van der Waals surface area contributed by atoms with Crippen LogP contribution >= 0.6 is 0 Å². The first-order valence-corrected chi connectivity index (χ1v) is 11.1. The van der Waals surface area contributed by atoms with E-state index in [1.165, 1.54) is 0 Å². The molecule has 0 saturated heterocycles. The highest BCUT2D eigenvalue weighted by Crippen LogP contribution is 2.32. The lowest BCUT2D eigenvalue weighted by atomic mass is 10.1. The van der Waals surface area contributed by atoms with Crippen molar-refractivity contribution in [2.45, 2.75) is 20.3 Å². The summed E-state index contributed by atoms with van der Waals surface area (Å²) in [5.41, 5.74) is 3.49. The van der Waals surface area contributed by atoms with Crippen molar-refractivity contribution in [1.29, 1.82) is 0 Å². The molecule has 35 heavy (non-hydrogen) atoms. The van der Waals surface area contributed by atoms with Gasteiger partial charge in [-0.2, -0.15) is 0 Å². The van der Waals surface area contributed by atoms with E-state index in [9.17, 15) is 4.79 Å². The summed E-state index contributed by atoms with van der Waals surface area (Å²) in [5.74, 6) is 3.88. The fourth-order valence-corrected chi connectivity index (χ4v) is 3.66. The minimum atomic E-state index is -0.114. The number of hydrogen-bond donors (Lipinski definition) is 3. The Balaban J connectivity index is 1.20. The van der Waals surface area contributed by atoms with Crippen LogP contribution < -0.4 is 25.4 Å². The Hall–Kier alpha value is -4.66. The van der Waals surface area contributed by atoms with Crippen molar-refractivity contribution < 1.29 is 14.3 Å². The third-order valence-corrected chi connectivity index (χ3v) is 5.25. The van der Waals surface area contributed by atoms with Gasteiger partial charge in [-0.05, 0) is 73.5 Å². The van der Waals surface area contributed by atoms with E-state index < -0.39 is 0 Å². The molecular weight excluding hydrogens is 444 g/mol. The fraction of sp³-hybridized carbons (Fsp3) is 0.154. The number of carbonyl (C=O) groups is 1. The van der Waals surface area contributed by atoms with Gasteiger partial charge in [-0.1, -0.05) is 6.07 Å². The average molecular weight is 469 g/mol. The maximum atomic E-state index is 12.5. The van der Waals surface area contributed by atoms with Gasteiger partial charge in [0.2, 0.25) is 12.7 Å². The zero-order chi connectivity index (χ0) is 24.2. The maximum Gasteiger partial charge on any atom is 0.231 e. The molecule has 1 aliphatic heterocycles. The first kappa shape index (κ1) is 22.1. The van der Waals surface area contributed by atoms with Crippen LogP contribution in [0.15, 0.2) is 66.9 Å². The number of fused-ring (bicyclic) bond motifs is 1. The number of aromatic nitrogens is 3. The number of ether oxygens (including phenoxy) is 2. The third-order valence-electron chi connectivity index (χ3n) is 5.25. The second-order valence-corrected chi connectivity index (χ2v) is 8.14. The molecule has 3 heterocycles. The van der Waals surface area contributed by atoms with Crippen LogP contribution in [-0.2, 0) is 11.2 Å². The predicted octanol–water partition coefficient (Wildman–Crippen LogP) is 4.89. The summed E-state index contributed by atoms with van der Waals surface area (Å²) in [6.07, 6.45) is 1.99. The number of rotatable bonds is 7. The number of nitrogens with one attached hydrogen (secondary N) is 3. The largest absolute Gasteiger partial charge is 0.454 e. The Morgan fingerprint density at radius 1 is 0.829 bits per heavy atom. The molecule has 0 radical (unpaired) electrons. The second kappa shape index (κ2) is 9.68. The van der Waals surface area contributed by atoms with E-state index in [2.05, 4.69) is 30.9 Å². The van der Waals surface area contributed by atoms with Crippen molar-refractivity contribution in [1.82, 2.24) is 15.0 Å². The Kier molecular flexibility index (Phi) is 6.13. The van der Waals surface area contributed by atoms with Crippen LogP contribution in [0.25, 0.3) is 0 Å². The number of benzene rings is 2. The lowest BCUT2D eigenvalue weighted by molar-refractivity contribution is -0.115. The van der Waals surface area contributed by atoms with Crippen LogP contribution in [0.4, 0.5) is 28.8 Å². The molecule has 3 N–H and O–H groups in total. The lowest BCUT2D eigenvalue weighted by Crippen LogP contribution is -2.14. The Morgan fingerprint density at radius 2 is 1.57 bits per heavy atom. The van der Waals surface area contributed by atoms with Gasteiger partial charge in [0.1, 0.15) is 23.3 Å². The van der Waals surface area contributed by atoms with E-state index in [0.717, 1.165) is 22.6 Å². The SMILES string of the molecule is Cc1ccnc(Nc2cc(Nc3ccc(NC(=O)Cc4ccc5c(c4)OCO5)cc3)nc(C)n2)c1. The molecule has 2 aromatic carbocycles. The Morgan fingerprint density at radius 3 is 2.37 bits per heavy atom. The molecule has 4 aromatic rings. The number of nitrogens with zero attached hydrogens (tertiary/aromatic N) is 3. The molecule has 0 saturated carbocycles. The number of anilines is 5. The van der Waals surface area contributed by atoms with Crippen molar-refractivity contribution in [3.63, 3.8) is 0 Å². The van der Waals surface area contributed by atoms with Crippen LogP contribution in [-0.4, -0.2) is 27.7 Å². The lowest BCUT2D eigenvalue weighted by Gasteiger charge is -2.11. The molecule has 176 valence electrons. The summed E-state index contributed by atoms with van der Waals surface area (Å²) in [5, 5.41) is 9.41. The van der Waals surface area contributed by atoms with Gasteiger partial charge in [-0.3, -0.25) is 4.79 Å². The van der Waals surface area contributed by atoms with Gasteiger partial charge in [-0.25, -0.2) is 15.0 Å². The van der Waals surface area contributed by atoms with E-state index in [1.54, 1.807) is 6.20 Å². The number of pyridine rings is 1. The molecule has 9 nitrogen and oxygen atoms in total. The van der Waals surface area contributed by atoms with Gasteiger partial charge in [0.25, 0.3) is 0 Å². The Bertz CT molecular complexity index is 1370. The smallest absolute Gasteiger partial charge is 0.231 e. The fourth-order valence-electron chi connectivity index (χ4n) is 3.66. The van der Waals surface area contributed by atoms with E-state index in [4.69, 9.17) is 9.47 Å². The van der Waals surface area contributed by atoms with Crippen molar-refractivity contribution in [3.05, 3.63) is 83.8 Å². The van der Waals surface area contributed by atoms with Crippen LogP contribution in [0, 0.1) is 13.8 Å². The summed E-state index contributed by atoms with van der Waals surface area (Å²) in [6.45, 7) is 4.05. The van der Waals surface area contributed by atoms with E-state index in [-0.39, 0.29) is 19.1 Å². The molecule has 2 aromatic heterocycles. The molecule has 1 aliphatic rings. The third kappa shape index (κ3) is 5.64. The van der Waals surface area contributed by atoms with Crippen molar-refractivity contribution >= 4 is 34.7 Å².